The summed E-state index contributed by atoms with van der Waals surface area (Å²) in [4.78, 5) is 18.2. The van der Waals surface area contributed by atoms with Crippen molar-refractivity contribution in [2.75, 3.05) is 26.7 Å². The highest BCUT2D eigenvalue weighted by molar-refractivity contribution is 7.09. The van der Waals surface area contributed by atoms with Crippen molar-refractivity contribution in [2.24, 2.45) is 0 Å². The largest absolute Gasteiger partial charge is 0.461 e. The smallest absolute Gasteiger partial charge is 0.357 e. The molecule has 2 rings (SSSR count). The van der Waals surface area contributed by atoms with Crippen LogP contribution in [-0.4, -0.2) is 42.6 Å². The SMILES string of the molecule is CCOC(=O)c1csc(C2CCN(C)CC2)n1. The average Bonchev–Trinajstić information content (AvgIpc) is 2.80. The van der Waals surface area contributed by atoms with Gasteiger partial charge in [-0.1, -0.05) is 0 Å². The summed E-state index contributed by atoms with van der Waals surface area (Å²) >= 11 is 1.58. The van der Waals surface area contributed by atoms with Crippen molar-refractivity contribution >= 4 is 17.3 Å². The van der Waals surface area contributed by atoms with Gasteiger partial charge in [-0.05, 0) is 39.9 Å². The van der Waals surface area contributed by atoms with Crippen LogP contribution in [0.4, 0.5) is 0 Å². The number of nitrogens with zero attached hydrogens (tertiary/aromatic N) is 2. The summed E-state index contributed by atoms with van der Waals surface area (Å²) in [5.41, 5.74) is 0.464. The van der Waals surface area contributed by atoms with Crippen LogP contribution in [0.5, 0.6) is 0 Å². The van der Waals surface area contributed by atoms with E-state index in [1.165, 1.54) is 0 Å². The number of esters is 1. The lowest BCUT2D eigenvalue weighted by atomic mass is 9.98. The molecule has 0 aromatic carbocycles. The van der Waals surface area contributed by atoms with E-state index in [0.717, 1.165) is 30.9 Å². The summed E-state index contributed by atoms with van der Waals surface area (Å²) in [5, 5.41) is 2.90. The monoisotopic (exact) mass is 254 g/mol. The van der Waals surface area contributed by atoms with Gasteiger partial charge in [-0.25, -0.2) is 9.78 Å². The first-order chi connectivity index (χ1) is 8.20. The van der Waals surface area contributed by atoms with Gasteiger partial charge in [0.05, 0.1) is 11.6 Å². The molecule has 1 aromatic rings. The van der Waals surface area contributed by atoms with Crippen molar-refractivity contribution in [3.05, 3.63) is 16.1 Å². The molecule has 94 valence electrons. The van der Waals surface area contributed by atoms with Crippen LogP contribution in [0.2, 0.25) is 0 Å². The highest BCUT2D eigenvalue weighted by atomic mass is 32.1. The molecule has 1 saturated heterocycles. The Kier molecular flexibility index (Phi) is 4.12. The molecule has 0 atom stereocenters. The van der Waals surface area contributed by atoms with Crippen LogP contribution >= 0.6 is 11.3 Å². The molecule has 0 bridgehead atoms. The third kappa shape index (κ3) is 3.04. The molecule has 0 spiro atoms. The first kappa shape index (κ1) is 12.5. The number of hydrogen-bond donors (Lipinski definition) is 0. The Balaban J connectivity index is 2.00. The van der Waals surface area contributed by atoms with Crippen molar-refractivity contribution in [1.29, 1.82) is 0 Å². The molecule has 1 aliphatic heterocycles. The van der Waals surface area contributed by atoms with Crippen molar-refractivity contribution in [1.82, 2.24) is 9.88 Å². The molecule has 0 amide bonds. The molecule has 1 aliphatic rings. The van der Waals surface area contributed by atoms with Crippen molar-refractivity contribution in [3.8, 4) is 0 Å². The number of likely N-dealkylation sites (tertiary alicyclic amines) is 1. The molecule has 17 heavy (non-hydrogen) atoms. The summed E-state index contributed by atoms with van der Waals surface area (Å²) < 4.78 is 4.94. The summed E-state index contributed by atoms with van der Waals surface area (Å²) in [6, 6.07) is 0. The number of rotatable bonds is 3. The molecule has 0 radical (unpaired) electrons. The van der Waals surface area contributed by atoms with Gasteiger partial charge in [0.2, 0.25) is 0 Å². The van der Waals surface area contributed by atoms with Gasteiger partial charge in [0.15, 0.2) is 5.69 Å². The zero-order chi connectivity index (χ0) is 12.3. The van der Waals surface area contributed by atoms with E-state index in [2.05, 4.69) is 16.9 Å². The Morgan fingerprint density at radius 2 is 2.29 bits per heavy atom. The lowest BCUT2D eigenvalue weighted by Gasteiger charge is -2.27. The van der Waals surface area contributed by atoms with Crippen molar-refractivity contribution in [3.63, 3.8) is 0 Å². The third-order valence-corrected chi connectivity index (χ3v) is 4.08. The van der Waals surface area contributed by atoms with Crippen molar-refractivity contribution < 1.29 is 9.53 Å². The van der Waals surface area contributed by atoms with E-state index in [9.17, 15) is 4.79 Å². The third-order valence-electron chi connectivity index (χ3n) is 3.07. The Hall–Kier alpha value is -0.940. The maximum atomic E-state index is 11.5. The van der Waals surface area contributed by atoms with Gasteiger partial charge in [-0.2, -0.15) is 0 Å². The minimum Gasteiger partial charge on any atom is -0.461 e. The first-order valence-electron chi connectivity index (χ1n) is 6.01. The summed E-state index contributed by atoms with van der Waals surface area (Å²) in [6.07, 6.45) is 2.26. The van der Waals surface area contributed by atoms with E-state index in [-0.39, 0.29) is 5.97 Å². The molecule has 2 heterocycles. The van der Waals surface area contributed by atoms with E-state index in [4.69, 9.17) is 4.74 Å². The van der Waals surface area contributed by atoms with Crippen LogP contribution in [0.25, 0.3) is 0 Å². The highest BCUT2D eigenvalue weighted by Crippen LogP contribution is 2.29. The zero-order valence-electron chi connectivity index (χ0n) is 10.3. The molecular formula is C12H18N2O2S. The number of piperidine rings is 1. The van der Waals surface area contributed by atoms with Crippen molar-refractivity contribution in [2.45, 2.75) is 25.7 Å². The van der Waals surface area contributed by atoms with Gasteiger partial charge >= 0.3 is 5.97 Å². The summed E-state index contributed by atoms with van der Waals surface area (Å²) in [6.45, 7) is 4.43. The average molecular weight is 254 g/mol. The Morgan fingerprint density at radius 1 is 1.59 bits per heavy atom. The normalized spacial score (nSPS) is 18.2. The fourth-order valence-corrected chi connectivity index (χ4v) is 2.99. The Bertz CT molecular complexity index is 384. The molecule has 0 saturated carbocycles. The summed E-state index contributed by atoms with van der Waals surface area (Å²) in [5.74, 6) is 0.210. The van der Waals surface area contributed by atoms with E-state index < -0.39 is 0 Å². The molecule has 1 aromatic heterocycles. The van der Waals surface area contributed by atoms with E-state index in [0.29, 0.717) is 18.2 Å². The fourth-order valence-electron chi connectivity index (χ4n) is 2.03. The minimum atomic E-state index is -0.303. The molecular weight excluding hydrogens is 236 g/mol. The Morgan fingerprint density at radius 3 is 2.94 bits per heavy atom. The number of ether oxygens (including phenoxy) is 1. The van der Waals surface area contributed by atoms with Crippen LogP contribution in [0.1, 0.15) is 41.2 Å². The predicted octanol–water partition coefficient (Wildman–Crippen LogP) is 2.13. The van der Waals surface area contributed by atoms with Gasteiger partial charge in [-0.3, -0.25) is 0 Å². The van der Waals surface area contributed by atoms with E-state index in [1.54, 1.807) is 11.3 Å². The standard InChI is InChI=1S/C12H18N2O2S/c1-3-16-12(15)10-8-17-11(13-10)9-4-6-14(2)7-5-9/h8-9H,3-7H2,1-2H3. The number of thiazole rings is 1. The van der Waals surface area contributed by atoms with Gasteiger partial charge in [0.25, 0.3) is 0 Å². The van der Waals surface area contributed by atoms with E-state index >= 15 is 0 Å². The maximum Gasteiger partial charge on any atom is 0.357 e. The first-order valence-corrected chi connectivity index (χ1v) is 6.89. The zero-order valence-corrected chi connectivity index (χ0v) is 11.1. The molecule has 4 nitrogen and oxygen atoms in total. The molecule has 5 heteroatoms. The maximum absolute atomic E-state index is 11.5. The topological polar surface area (TPSA) is 42.4 Å². The van der Waals surface area contributed by atoms with Gasteiger partial charge in [0, 0.05) is 11.3 Å². The number of carbonyl (C=O) groups is 1. The molecule has 0 N–H and O–H groups in total. The van der Waals surface area contributed by atoms with Gasteiger partial charge in [-0.15, -0.1) is 11.3 Å². The van der Waals surface area contributed by atoms with Crippen LogP contribution in [0.15, 0.2) is 5.38 Å². The molecule has 1 fully saturated rings. The second kappa shape index (κ2) is 5.60. The molecule has 0 unspecified atom stereocenters. The Labute approximate surface area is 106 Å². The van der Waals surface area contributed by atoms with Gasteiger partial charge < -0.3 is 9.64 Å². The second-order valence-electron chi connectivity index (χ2n) is 4.37. The van der Waals surface area contributed by atoms with Crippen LogP contribution in [-0.2, 0) is 4.74 Å². The highest BCUT2D eigenvalue weighted by Gasteiger charge is 2.22. The summed E-state index contributed by atoms with van der Waals surface area (Å²) in [7, 11) is 2.14. The van der Waals surface area contributed by atoms with Crippen LogP contribution < -0.4 is 0 Å². The minimum absolute atomic E-state index is 0.303. The van der Waals surface area contributed by atoms with E-state index in [1.807, 2.05) is 12.3 Å². The van der Waals surface area contributed by atoms with Crippen LogP contribution in [0, 0.1) is 0 Å². The van der Waals surface area contributed by atoms with Crippen LogP contribution in [0.3, 0.4) is 0 Å². The number of hydrogen-bond acceptors (Lipinski definition) is 5. The predicted molar refractivity (Wildman–Crippen MR) is 67.5 cm³/mol. The lowest BCUT2D eigenvalue weighted by molar-refractivity contribution is 0.0520. The number of carbonyl (C=O) groups excluding carboxylic acids is 1. The van der Waals surface area contributed by atoms with Gasteiger partial charge in [0.1, 0.15) is 0 Å². The number of aromatic nitrogens is 1. The quantitative estimate of drug-likeness (QED) is 0.775. The fraction of sp³-hybridized carbons (Fsp3) is 0.667. The second-order valence-corrected chi connectivity index (χ2v) is 5.26. The molecule has 0 aliphatic carbocycles. The lowest BCUT2D eigenvalue weighted by Crippen LogP contribution is -2.29.